The van der Waals surface area contributed by atoms with E-state index in [0.29, 0.717) is 6.54 Å². The summed E-state index contributed by atoms with van der Waals surface area (Å²) in [7, 11) is 1.59. The van der Waals surface area contributed by atoms with Crippen LogP contribution < -0.4 is 5.32 Å². The van der Waals surface area contributed by atoms with Crippen LogP contribution in [0.5, 0.6) is 0 Å². The number of anilines is 1. The molecule has 7 heteroatoms. The molecule has 0 aromatic heterocycles. The lowest BCUT2D eigenvalue weighted by molar-refractivity contribution is -0.137. The summed E-state index contributed by atoms with van der Waals surface area (Å²) in [6.45, 7) is 0.524. The van der Waals surface area contributed by atoms with Gasteiger partial charge in [0, 0.05) is 24.6 Å². The molecule has 1 rings (SSSR count). The van der Waals surface area contributed by atoms with Crippen LogP contribution in [-0.2, 0) is 6.18 Å². The van der Waals surface area contributed by atoms with Gasteiger partial charge in [-0.3, -0.25) is 0 Å². The molecule has 0 fully saturated rings. The first-order chi connectivity index (χ1) is 8.84. The Balaban J connectivity index is 2.69. The third kappa shape index (κ3) is 5.10. The van der Waals surface area contributed by atoms with Crippen LogP contribution in [0.4, 0.5) is 23.7 Å². The zero-order valence-corrected chi connectivity index (χ0v) is 11.9. The highest BCUT2D eigenvalue weighted by atomic mass is 79.9. The second-order valence-corrected chi connectivity index (χ2v) is 4.77. The molecule has 2 amide bonds. The number of rotatable bonds is 4. The minimum Gasteiger partial charge on any atom is -0.328 e. The van der Waals surface area contributed by atoms with Gasteiger partial charge >= 0.3 is 12.2 Å². The predicted molar refractivity (Wildman–Crippen MR) is 71.5 cm³/mol. The lowest BCUT2D eigenvalue weighted by atomic mass is 10.2. The van der Waals surface area contributed by atoms with Gasteiger partial charge in [-0.15, -0.1) is 0 Å². The molecule has 0 aliphatic carbocycles. The minimum atomic E-state index is -4.41. The van der Waals surface area contributed by atoms with Crippen LogP contribution in [0.15, 0.2) is 24.3 Å². The van der Waals surface area contributed by atoms with Gasteiger partial charge in [0.05, 0.1) is 5.56 Å². The summed E-state index contributed by atoms with van der Waals surface area (Å²) in [5, 5.41) is 3.19. The van der Waals surface area contributed by atoms with Crippen molar-refractivity contribution in [2.24, 2.45) is 0 Å². The van der Waals surface area contributed by atoms with Gasteiger partial charge in [-0.2, -0.15) is 13.2 Å². The van der Waals surface area contributed by atoms with E-state index in [1.807, 2.05) is 0 Å². The lowest BCUT2D eigenvalue weighted by Gasteiger charge is -2.18. The average molecular weight is 339 g/mol. The second-order valence-electron chi connectivity index (χ2n) is 3.97. The largest absolute Gasteiger partial charge is 0.416 e. The summed E-state index contributed by atoms with van der Waals surface area (Å²) in [5.74, 6) is 0. The number of alkyl halides is 4. The maximum atomic E-state index is 12.5. The molecule has 0 aliphatic rings. The maximum absolute atomic E-state index is 12.5. The molecule has 0 atom stereocenters. The van der Waals surface area contributed by atoms with E-state index in [1.165, 1.54) is 17.0 Å². The summed E-state index contributed by atoms with van der Waals surface area (Å²) in [6, 6.07) is 4.13. The number of carbonyl (C=O) groups is 1. The zero-order chi connectivity index (χ0) is 14.5. The van der Waals surface area contributed by atoms with Crippen LogP contribution in [0, 0.1) is 0 Å². The van der Waals surface area contributed by atoms with Crippen LogP contribution >= 0.6 is 15.9 Å². The number of benzene rings is 1. The Morgan fingerprint density at radius 2 is 2.11 bits per heavy atom. The molecule has 0 heterocycles. The Bertz CT molecular complexity index is 437. The molecular weight excluding hydrogens is 325 g/mol. The van der Waals surface area contributed by atoms with Crippen LogP contribution in [0.1, 0.15) is 12.0 Å². The van der Waals surface area contributed by atoms with Gasteiger partial charge in [0.15, 0.2) is 0 Å². The molecule has 0 bridgehead atoms. The van der Waals surface area contributed by atoms with Gasteiger partial charge in [-0.1, -0.05) is 22.0 Å². The van der Waals surface area contributed by atoms with Gasteiger partial charge in [-0.05, 0) is 24.6 Å². The van der Waals surface area contributed by atoms with E-state index in [4.69, 9.17) is 0 Å². The molecule has 1 N–H and O–H groups in total. The van der Waals surface area contributed by atoms with Crippen molar-refractivity contribution in [1.29, 1.82) is 0 Å². The van der Waals surface area contributed by atoms with Gasteiger partial charge < -0.3 is 10.2 Å². The molecule has 3 nitrogen and oxygen atoms in total. The van der Waals surface area contributed by atoms with Gasteiger partial charge in [0.2, 0.25) is 0 Å². The molecule has 0 aliphatic heterocycles. The smallest absolute Gasteiger partial charge is 0.328 e. The van der Waals surface area contributed by atoms with Crippen molar-refractivity contribution in [2.75, 3.05) is 24.2 Å². The molecule has 0 radical (unpaired) electrons. The molecule has 0 saturated carbocycles. The van der Waals surface area contributed by atoms with Crippen molar-refractivity contribution in [3.63, 3.8) is 0 Å². The average Bonchev–Trinajstić information content (AvgIpc) is 2.35. The van der Waals surface area contributed by atoms with Crippen molar-refractivity contribution in [3.8, 4) is 0 Å². The maximum Gasteiger partial charge on any atom is 0.416 e. The predicted octanol–water partition coefficient (Wildman–Crippen LogP) is 3.95. The quantitative estimate of drug-likeness (QED) is 0.828. The number of hydrogen-bond donors (Lipinski definition) is 1. The molecule has 0 spiro atoms. The number of urea groups is 1. The van der Waals surface area contributed by atoms with Crippen molar-refractivity contribution in [2.45, 2.75) is 12.6 Å². The van der Waals surface area contributed by atoms with Gasteiger partial charge in [0.1, 0.15) is 0 Å². The number of amides is 2. The molecule has 1 aromatic carbocycles. The molecule has 19 heavy (non-hydrogen) atoms. The van der Waals surface area contributed by atoms with E-state index in [9.17, 15) is 18.0 Å². The first kappa shape index (κ1) is 15.8. The number of carbonyl (C=O) groups excluding carboxylic acids is 1. The monoisotopic (exact) mass is 338 g/mol. The van der Waals surface area contributed by atoms with E-state index in [-0.39, 0.29) is 5.69 Å². The van der Waals surface area contributed by atoms with Crippen molar-refractivity contribution >= 4 is 27.6 Å². The fourth-order valence-corrected chi connectivity index (χ4v) is 1.64. The van der Waals surface area contributed by atoms with E-state index < -0.39 is 17.8 Å². The Kier molecular flexibility index (Phi) is 5.65. The SMILES string of the molecule is CN(CCCBr)C(=O)Nc1cccc(C(F)(F)F)c1. The van der Waals surface area contributed by atoms with E-state index in [1.54, 1.807) is 7.05 Å². The van der Waals surface area contributed by atoms with Crippen LogP contribution in [0.3, 0.4) is 0 Å². The standard InChI is InChI=1S/C12H14BrF3N2O/c1-18(7-3-6-13)11(19)17-10-5-2-4-9(8-10)12(14,15)16/h2,4-5,8H,3,6-7H2,1H3,(H,17,19). The Morgan fingerprint density at radius 1 is 1.42 bits per heavy atom. The Labute approximate surface area is 117 Å². The summed E-state index contributed by atoms with van der Waals surface area (Å²) in [4.78, 5) is 13.1. The number of nitrogens with zero attached hydrogens (tertiary/aromatic N) is 1. The van der Waals surface area contributed by atoms with Crippen LogP contribution in [-0.4, -0.2) is 29.9 Å². The fourth-order valence-electron chi connectivity index (χ4n) is 1.39. The zero-order valence-electron chi connectivity index (χ0n) is 10.3. The van der Waals surface area contributed by atoms with Crippen molar-refractivity contribution in [3.05, 3.63) is 29.8 Å². The minimum absolute atomic E-state index is 0.130. The second kappa shape index (κ2) is 6.79. The normalized spacial score (nSPS) is 11.2. The first-order valence-electron chi connectivity index (χ1n) is 5.60. The summed E-state index contributed by atoms with van der Waals surface area (Å²) in [6.07, 6.45) is -3.64. The molecule has 0 unspecified atom stereocenters. The summed E-state index contributed by atoms with van der Waals surface area (Å²) < 4.78 is 37.5. The number of nitrogens with one attached hydrogen (secondary N) is 1. The van der Waals surface area contributed by atoms with Crippen LogP contribution in [0.2, 0.25) is 0 Å². The van der Waals surface area contributed by atoms with Crippen molar-refractivity contribution < 1.29 is 18.0 Å². The topological polar surface area (TPSA) is 32.3 Å². The molecule has 106 valence electrons. The number of halogens is 4. The highest BCUT2D eigenvalue weighted by Crippen LogP contribution is 2.30. The lowest BCUT2D eigenvalue weighted by Crippen LogP contribution is -2.32. The number of hydrogen-bond acceptors (Lipinski definition) is 1. The van der Waals surface area contributed by atoms with E-state index >= 15 is 0 Å². The molecule has 0 saturated heterocycles. The fraction of sp³-hybridized carbons (Fsp3) is 0.417. The highest BCUT2D eigenvalue weighted by Gasteiger charge is 2.30. The van der Waals surface area contributed by atoms with Gasteiger partial charge in [-0.25, -0.2) is 4.79 Å². The van der Waals surface area contributed by atoms with Crippen molar-refractivity contribution in [1.82, 2.24) is 4.90 Å². The van der Waals surface area contributed by atoms with E-state index in [2.05, 4.69) is 21.2 Å². The third-order valence-electron chi connectivity index (χ3n) is 2.42. The van der Waals surface area contributed by atoms with Crippen LogP contribution in [0.25, 0.3) is 0 Å². The van der Waals surface area contributed by atoms with E-state index in [0.717, 1.165) is 23.9 Å². The molecule has 1 aromatic rings. The summed E-state index contributed by atoms with van der Waals surface area (Å²) in [5.41, 5.74) is -0.654. The highest BCUT2D eigenvalue weighted by molar-refractivity contribution is 9.09. The Hall–Kier alpha value is -1.24. The first-order valence-corrected chi connectivity index (χ1v) is 6.72. The third-order valence-corrected chi connectivity index (χ3v) is 2.98. The summed E-state index contributed by atoms with van der Waals surface area (Å²) >= 11 is 3.24. The Morgan fingerprint density at radius 3 is 2.68 bits per heavy atom. The van der Waals surface area contributed by atoms with Gasteiger partial charge in [0.25, 0.3) is 0 Å². The molecular formula is C12H14BrF3N2O.